The fourth-order valence-corrected chi connectivity index (χ4v) is 2.76. The molecule has 4 nitrogen and oxygen atoms in total. The van der Waals surface area contributed by atoms with Crippen molar-refractivity contribution in [2.45, 2.75) is 32.7 Å². The number of ether oxygens (including phenoxy) is 1. The molecule has 0 aromatic heterocycles. The summed E-state index contributed by atoms with van der Waals surface area (Å²) in [5, 5.41) is 0. The van der Waals surface area contributed by atoms with Gasteiger partial charge >= 0.3 is 0 Å². The fourth-order valence-electron chi connectivity index (χ4n) is 2.24. The molecule has 1 aromatic carbocycles. The highest BCUT2D eigenvalue weighted by atomic mass is 127. The summed E-state index contributed by atoms with van der Waals surface area (Å²) in [7, 11) is 1.63. The molecule has 0 aliphatic rings. The molecule has 0 aliphatic heterocycles. The zero-order valence-electron chi connectivity index (χ0n) is 11.6. The van der Waals surface area contributed by atoms with Gasteiger partial charge in [0.25, 0.3) is 0 Å². The Balaban J connectivity index is 2.91. The van der Waals surface area contributed by atoms with Crippen molar-refractivity contribution in [3.05, 3.63) is 27.3 Å². The monoisotopic (exact) mass is 376 g/mol. The van der Waals surface area contributed by atoms with Gasteiger partial charge in [0.1, 0.15) is 5.75 Å². The highest BCUT2D eigenvalue weighted by Crippen LogP contribution is 2.35. The van der Waals surface area contributed by atoms with Gasteiger partial charge in [0, 0.05) is 21.6 Å². The van der Waals surface area contributed by atoms with Crippen LogP contribution in [0.1, 0.15) is 38.3 Å². The Morgan fingerprint density at radius 2 is 2.11 bits per heavy atom. The quantitative estimate of drug-likeness (QED) is 0.750. The maximum Gasteiger partial charge on any atom is 0.217 e. The SMILES string of the molecule is COc1ccc(I)cc1C(N)CC(C)(C)CC(N)=O. The lowest BCUT2D eigenvalue weighted by atomic mass is 9.81. The summed E-state index contributed by atoms with van der Waals surface area (Å²) in [6, 6.07) is 5.73. The van der Waals surface area contributed by atoms with Crippen molar-refractivity contribution in [2.24, 2.45) is 16.9 Å². The van der Waals surface area contributed by atoms with Crippen LogP contribution in [0.5, 0.6) is 5.75 Å². The number of halogens is 1. The smallest absolute Gasteiger partial charge is 0.217 e. The van der Waals surface area contributed by atoms with Gasteiger partial charge in [0.15, 0.2) is 0 Å². The van der Waals surface area contributed by atoms with E-state index in [2.05, 4.69) is 22.6 Å². The Morgan fingerprint density at radius 3 is 2.63 bits per heavy atom. The molecule has 0 saturated carbocycles. The van der Waals surface area contributed by atoms with Crippen LogP contribution in [0.4, 0.5) is 0 Å². The molecule has 0 aliphatic carbocycles. The van der Waals surface area contributed by atoms with Crippen LogP contribution >= 0.6 is 22.6 Å². The minimum Gasteiger partial charge on any atom is -0.496 e. The molecule has 4 N–H and O–H groups in total. The van der Waals surface area contributed by atoms with Gasteiger partial charge in [0.05, 0.1) is 7.11 Å². The standard InChI is InChI=1S/C14H21IN2O2/c1-14(2,8-13(17)18)7-11(16)10-6-9(15)4-5-12(10)19-3/h4-6,11H,7-8,16H2,1-3H3,(H2,17,18). The maximum atomic E-state index is 11.1. The molecular formula is C14H21IN2O2. The van der Waals surface area contributed by atoms with Gasteiger partial charge in [-0.05, 0) is 52.6 Å². The summed E-state index contributed by atoms with van der Waals surface area (Å²) in [5.74, 6) is 0.481. The highest BCUT2D eigenvalue weighted by molar-refractivity contribution is 14.1. The van der Waals surface area contributed by atoms with E-state index in [1.54, 1.807) is 7.11 Å². The molecular weight excluding hydrogens is 355 g/mol. The molecule has 5 heteroatoms. The Morgan fingerprint density at radius 1 is 1.47 bits per heavy atom. The van der Waals surface area contributed by atoms with E-state index < -0.39 is 0 Å². The number of amides is 1. The minimum absolute atomic E-state index is 0.181. The second kappa shape index (κ2) is 6.56. The zero-order valence-corrected chi connectivity index (χ0v) is 13.7. The van der Waals surface area contributed by atoms with E-state index in [1.165, 1.54) is 0 Å². The van der Waals surface area contributed by atoms with Crippen LogP contribution < -0.4 is 16.2 Å². The van der Waals surface area contributed by atoms with Crippen LogP contribution in [0.2, 0.25) is 0 Å². The van der Waals surface area contributed by atoms with Gasteiger partial charge in [-0.3, -0.25) is 4.79 Å². The summed E-state index contributed by atoms with van der Waals surface area (Å²) in [6.07, 6.45) is 0.999. The second-order valence-electron chi connectivity index (χ2n) is 5.50. The first-order valence-corrected chi connectivity index (χ1v) is 7.20. The van der Waals surface area contributed by atoms with Gasteiger partial charge in [-0.2, -0.15) is 0 Å². The minimum atomic E-state index is -0.299. The third kappa shape index (κ3) is 4.99. The molecule has 0 fully saturated rings. The Hall–Kier alpha value is -0.820. The lowest BCUT2D eigenvalue weighted by Gasteiger charge is -2.27. The summed E-state index contributed by atoms with van der Waals surface area (Å²) < 4.78 is 6.45. The van der Waals surface area contributed by atoms with E-state index in [0.29, 0.717) is 12.8 Å². The number of hydrogen-bond donors (Lipinski definition) is 2. The van der Waals surface area contributed by atoms with Crippen molar-refractivity contribution < 1.29 is 9.53 Å². The van der Waals surface area contributed by atoms with Crippen molar-refractivity contribution in [1.82, 2.24) is 0 Å². The first-order valence-electron chi connectivity index (χ1n) is 6.12. The van der Waals surface area contributed by atoms with Crippen LogP contribution in [0.3, 0.4) is 0 Å². The average Bonchev–Trinajstić information content (AvgIpc) is 2.26. The van der Waals surface area contributed by atoms with E-state index in [1.807, 2.05) is 32.0 Å². The summed E-state index contributed by atoms with van der Waals surface area (Å²) in [6.45, 7) is 4.00. The van der Waals surface area contributed by atoms with Crippen LogP contribution in [0.25, 0.3) is 0 Å². The topological polar surface area (TPSA) is 78.3 Å². The predicted octanol–water partition coefficient (Wildman–Crippen LogP) is 2.59. The molecule has 1 amide bonds. The third-order valence-electron chi connectivity index (χ3n) is 3.02. The number of carbonyl (C=O) groups is 1. The van der Waals surface area contributed by atoms with Gasteiger partial charge in [-0.1, -0.05) is 13.8 Å². The molecule has 106 valence electrons. The largest absolute Gasteiger partial charge is 0.496 e. The number of methoxy groups -OCH3 is 1. The number of nitrogens with two attached hydrogens (primary N) is 2. The summed E-state index contributed by atoms with van der Waals surface area (Å²) in [5.41, 5.74) is 12.3. The molecule has 1 rings (SSSR count). The molecule has 0 heterocycles. The first-order chi connectivity index (χ1) is 8.75. The lowest BCUT2D eigenvalue weighted by Crippen LogP contribution is -2.27. The van der Waals surface area contributed by atoms with E-state index in [4.69, 9.17) is 16.2 Å². The van der Waals surface area contributed by atoms with Gasteiger partial charge in [-0.25, -0.2) is 0 Å². The summed E-state index contributed by atoms with van der Waals surface area (Å²) >= 11 is 2.24. The third-order valence-corrected chi connectivity index (χ3v) is 3.69. The Bertz CT molecular complexity index is 461. The highest BCUT2D eigenvalue weighted by Gasteiger charge is 2.25. The molecule has 0 bridgehead atoms. The van der Waals surface area contributed by atoms with Gasteiger partial charge < -0.3 is 16.2 Å². The van der Waals surface area contributed by atoms with Crippen molar-refractivity contribution in [3.8, 4) is 5.75 Å². The fraction of sp³-hybridized carbons (Fsp3) is 0.500. The summed E-state index contributed by atoms with van der Waals surface area (Å²) in [4.78, 5) is 11.1. The van der Waals surface area contributed by atoms with Crippen LogP contribution in [0.15, 0.2) is 18.2 Å². The average molecular weight is 376 g/mol. The predicted molar refractivity (Wildman–Crippen MR) is 84.8 cm³/mol. The zero-order chi connectivity index (χ0) is 14.6. The second-order valence-corrected chi connectivity index (χ2v) is 6.75. The molecule has 1 unspecified atom stereocenters. The molecule has 1 aromatic rings. The van der Waals surface area contributed by atoms with Crippen molar-refractivity contribution in [1.29, 1.82) is 0 Å². The number of benzene rings is 1. The first kappa shape index (κ1) is 16.2. The van der Waals surface area contributed by atoms with Crippen LogP contribution in [-0.2, 0) is 4.79 Å². The molecule has 19 heavy (non-hydrogen) atoms. The van der Waals surface area contributed by atoms with Crippen LogP contribution in [-0.4, -0.2) is 13.0 Å². The van der Waals surface area contributed by atoms with E-state index in [0.717, 1.165) is 14.9 Å². The Kier molecular flexibility index (Phi) is 5.61. The van der Waals surface area contributed by atoms with E-state index in [-0.39, 0.29) is 17.4 Å². The number of primary amides is 1. The number of carbonyl (C=O) groups excluding carboxylic acids is 1. The lowest BCUT2D eigenvalue weighted by molar-refractivity contribution is -0.120. The normalized spacial score (nSPS) is 13.1. The number of rotatable bonds is 6. The maximum absolute atomic E-state index is 11.1. The van der Waals surface area contributed by atoms with Crippen molar-refractivity contribution in [3.63, 3.8) is 0 Å². The van der Waals surface area contributed by atoms with Crippen molar-refractivity contribution in [2.75, 3.05) is 7.11 Å². The van der Waals surface area contributed by atoms with Gasteiger partial charge in [-0.15, -0.1) is 0 Å². The Labute approximate surface area is 128 Å². The molecule has 0 spiro atoms. The van der Waals surface area contributed by atoms with Gasteiger partial charge in [0.2, 0.25) is 5.91 Å². The van der Waals surface area contributed by atoms with E-state index >= 15 is 0 Å². The number of hydrogen-bond acceptors (Lipinski definition) is 3. The molecule has 0 radical (unpaired) electrons. The molecule has 1 atom stereocenters. The van der Waals surface area contributed by atoms with Crippen molar-refractivity contribution >= 4 is 28.5 Å². The molecule has 0 saturated heterocycles. The van der Waals surface area contributed by atoms with Crippen LogP contribution in [0, 0.1) is 8.99 Å². The van der Waals surface area contributed by atoms with E-state index in [9.17, 15) is 4.79 Å².